The van der Waals surface area contributed by atoms with Crippen molar-refractivity contribution in [1.82, 2.24) is 10.2 Å². The standard InChI is InChI=1S/C22H22F2N4/c1-14(25)15-10-16(12-19(24)11-15)20-8-9-21(28-27-20)26-13-22(2,3)17-4-6-18(23)7-5-17/h4-12H,1,13,25H2,2-3H3,(H,26,28). The van der Waals surface area contributed by atoms with Crippen molar-refractivity contribution >= 4 is 11.5 Å². The molecule has 1 heterocycles. The van der Waals surface area contributed by atoms with Gasteiger partial charge in [-0.1, -0.05) is 32.6 Å². The number of hydrogen-bond acceptors (Lipinski definition) is 4. The summed E-state index contributed by atoms with van der Waals surface area (Å²) in [6.07, 6.45) is 0. The van der Waals surface area contributed by atoms with Gasteiger partial charge in [0.05, 0.1) is 5.69 Å². The third-order valence-corrected chi connectivity index (χ3v) is 4.57. The topological polar surface area (TPSA) is 63.8 Å². The number of nitrogens with two attached hydrogens (primary N) is 1. The van der Waals surface area contributed by atoms with Gasteiger partial charge in [0.15, 0.2) is 0 Å². The minimum absolute atomic E-state index is 0.229. The van der Waals surface area contributed by atoms with Gasteiger partial charge in [-0.15, -0.1) is 10.2 Å². The minimum atomic E-state index is -0.413. The summed E-state index contributed by atoms with van der Waals surface area (Å²) in [6.45, 7) is 8.34. The summed E-state index contributed by atoms with van der Waals surface area (Å²) in [5, 5.41) is 11.6. The van der Waals surface area contributed by atoms with Crippen LogP contribution in [0, 0.1) is 11.6 Å². The van der Waals surface area contributed by atoms with Crippen molar-refractivity contribution in [2.24, 2.45) is 5.73 Å². The van der Waals surface area contributed by atoms with E-state index in [1.165, 1.54) is 24.3 Å². The molecular weight excluding hydrogens is 358 g/mol. The molecule has 0 bridgehead atoms. The summed E-state index contributed by atoms with van der Waals surface area (Å²) in [5.41, 5.74) is 8.36. The van der Waals surface area contributed by atoms with Crippen LogP contribution in [0.3, 0.4) is 0 Å². The molecule has 0 aliphatic carbocycles. The minimum Gasteiger partial charge on any atom is -0.399 e. The number of rotatable bonds is 6. The second-order valence-corrected chi connectivity index (χ2v) is 7.30. The second-order valence-electron chi connectivity index (χ2n) is 7.30. The van der Waals surface area contributed by atoms with Gasteiger partial charge in [-0.2, -0.15) is 0 Å². The van der Waals surface area contributed by atoms with E-state index < -0.39 is 5.82 Å². The maximum absolute atomic E-state index is 13.8. The molecule has 0 aliphatic heterocycles. The van der Waals surface area contributed by atoms with Crippen LogP contribution in [0.1, 0.15) is 25.0 Å². The van der Waals surface area contributed by atoms with Crippen molar-refractivity contribution in [3.05, 3.63) is 83.9 Å². The number of hydrogen-bond donors (Lipinski definition) is 2. The number of halogens is 2. The van der Waals surface area contributed by atoms with Crippen molar-refractivity contribution in [1.29, 1.82) is 0 Å². The van der Waals surface area contributed by atoms with Crippen molar-refractivity contribution < 1.29 is 8.78 Å². The van der Waals surface area contributed by atoms with E-state index in [1.54, 1.807) is 30.3 Å². The molecule has 0 fully saturated rings. The quantitative estimate of drug-likeness (QED) is 0.648. The molecular formula is C22H22F2N4. The molecule has 0 atom stereocenters. The zero-order valence-electron chi connectivity index (χ0n) is 15.8. The highest BCUT2D eigenvalue weighted by atomic mass is 19.1. The lowest BCUT2D eigenvalue weighted by atomic mass is 9.84. The molecule has 6 heteroatoms. The van der Waals surface area contributed by atoms with Gasteiger partial charge in [-0.05, 0) is 48.0 Å². The Kier molecular flexibility index (Phi) is 5.40. The third-order valence-electron chi connectivity index (χ3n) is 4.57. The molecule has 0 amide bonds. The molecule has 0 saturated carbocycles. The van der Waals surface area contributed by atoms with Crippen molar-refractivity contribution in [3.63, 3.8) is 0 Å². The molecule has 28 heavy (non-hydrogen) atoms. The maximum Gasteiger partial charge on any atom is 0.148 e. The number of anilines is 1. The average molecular weight is 380 g/mol. The number of nitrogens with one attached hydrogen (secondary N) is 1. The molecule has 3 rings (SSSR count). The van der Waals surface area contributed by atoms with Crippen LogP contribution in [0.5, 0.6) is 0 Å². The first-order valence-electron chi connectivity index (χ1n) is 8.84. The predicted molar refractivity (Wildman–Crippen MR) is 109 cm³/mol. The average Bonchev–Trinajstić information content (AvgIpc) is 2.67. The Balaban J connectivity index is 1.73. The molecule has 144 valence electrons. The third kappa shape index (κ3) is 4.52. The van der Waals surface area contributed by atoms with Crippen LogP contribution >= 0.6 is 0 Å². The van der Waals surface area contributed by atoms with Crippen LogP contribution in [0.4, 0.5) is 14.6 Å². The Morgan fingerprint density at radius 2 is 1.71 bits per heavy atom. The van der Waals surface area contributed by atoms with E-state index in [0.29, 0.717) is 29.2 Å². The van der Waals surface area contributed by atoms with Gasteiger partial charge in [0.1, 0.15) is 17.5 Å². The SMILES string of the molecule is C=C(N)c1cc(F)cc(-c2ccc(NCC(C)(C)c3ccc(F)cc3)nn2)c1. The maximum atomic E-state index is 13.8. The highest BCUT2D eigenvalue weighted by molar-refractivity contribution is 5.68. The van der Waals surface area contributed by atoms with E-state index in [1.807, 2.05) is 0 Å². The lowest BCUT2D eigenvalue weighted by Crippen LogP contribution is -2.28. The van der Waals surface area contributed by atoms with Gasteiger partial charge in [0.25, 0.3) is 0 Å². The smallest absolute Gasteiger partial charge is 0.148 e. The van der Waals surface area contributed by atoms with Crippen LogP contribution in [0.2, 0.25) is 0 Å². The lowest BCUT2D eigenvalue weighted by Gasteiger charge is -2.25. The fourth-order valence-corrected chi connectivity index (χ4v) is 2.82. The van der Waals surface area contributed by atoms with Gasteiger partial charge in [-0.25, -0.2) is 8.78 Å². The van der Waals surface area contributed by atoms with E-state index in [4.69, 9.17) is 5.73 Å². The number of nitrogens with zero attached hydrogens (tertiary/aromatic N) is 2. The highest BCUT2D eigenvalue weighted by Gasteiger charge is 2.20. The van der Waals surface area contributed by atoms with Gasteiger partial charge in [0, 0.05) is 28.8 Å². The van der Waals surface area contributed by atoms with Crippen LogP contribution in [-0.2, 0) is 5.41 Å². The Bertz CT molecular complexity index is 980. The lowest BCUT2D eigenvalue weighted by molar-refractivity contribution is 0.552. The number of benzene rings is 2. The number of aromatic nitrogens is 2. The first-order chi connectivity index (χ1) is 13.2. The Morgan fingerprint density at radius 3 is 2.32 bits per heavy atom. The van der Waals surface area contributed by atoms with Crippen LogP contribution < -0.4 is 11.1 Å². The first kappa shape index (κ1) is 19.5. The molecule has 0 saturated heterocycles. The van der Waals surface area contributed by atoms with Crippen LogP contribution in [0.25, 0.3) is 17.0 Å². The molecule has 1 aromatic heterocycles. The van der Waals surface area contributed by atoms with Crippen LogP contribution in [0.15, 0.2) is 61.2 Å². The molecule has 0 aliphatic rings. The Hall–Kier alpha value is -3.28. The Labute approximate surface area is 163 Å². The molecule has 4 nitrogen and oxygen atoms in total. The largest absolute Gasteiger partial charge is 0.399 e. The summed E-state index contributed by atoms with van der Waals surface area (Å²) in [4.78, 5) is 0. The van der Waals surface area contributed by atoms with E-state index in [2.05, 4.69) is 35.9 Å². The summed E-state index contributed by atoms with van der Waals surface area (Å²) in [5.74, 6) is -0.0735. The zero-order valence-corrected chi connectivity index (χ0v) is 15.8. The zero-order chi connectivity index (χ0) is 20.3. The molecule has 0 radical (unpaired) electrons. The van der Waals surface area contributed by atoms with Crippen molar-refractivity contribution in [2.75, 3.05) is 11.9 Å². The van der Waals surface area contributed by atoms with Gasteiger partial charge in [-0.3, -0.25) is 0 Å². The normalized spacial score (nSPS) is 11.3. The van der Waals surface area contributed by atoms with Crippen molar-refractivity contribution in [3.8, 4) is 11.3 Å². The summed E-state index contributed by atoms with van der Waals surface area (Å²) in [6, 6.07) is 14.4. The Morgan fingerprint density at radius 1 is 1.00 bits per heavy atom. The van der Waals surface area contributed by atoms with Crippen LogP contribution in [-0.4, -0.2) is 16.7 Å². The van der Waals surface area contributed by atoms with E-state index >= 15 is 0 Å². The second kappa shape index (κ2) is 7.76. The highest BCUT2D eigenvalue weighted by Crippen LogP contribution is 2.25. The predicted octanol–water partition coefficient (Wildman–Crippen LogP) is 4.74. The summed E-state index contributed by atoms with van der Waals surface area (Å²) >= 11 is 0. The molecule has 3 aromatic rings. The fraction of sp³-hybridized carbons (Fsp3) is 0.182. The summed E-state index contributed by atoms with van der Waals surface area (Å²) < 4.78 is 26.9. The van der Waals surface area contributed by atoms with E-state index in [9.17, 15) is 8.78 Å². The molecule has 2 aromatic carbocycles. The molecule has 0 spiro atoms. The molecule has 3 N–H and O–H groups in total. The summed E-state index contributed by atoms with van der Waals surface area (Å²) in [7, 11) is 0. The van der Waals surface area contributed by atoms with E-state index in [-0.39, 0.29) is 16.9 Å². The molecule has 0 unspecified atom stereocenters. The van der Waals surface area contributed by atoms with Gasteiger partial charge in [0.2, 0.25) is 0 Å². The van der Waals surface area contributed by atoms with Gasteiger partial charge < -0.3 is 11.1 Å². The fourth-order valence-electron chi connectivity index (χ4n) is 2.82. The van der Waals surface area contributed by atoms with E-state index in [0.717, 1.165) is 5.56 Å². The first-order valence-corrected chi connectivity index (χ1v) is 8.84. The monoisotopic (exact) mass is 380 g/mol. The van der Waals surface area contributed by atoms with Gasteiger partial charge >= 0.3 is 0 Å². The van der Waals surface area contributed by atoms with Crippen molar-refractivity contribution in [2.45, 2.75) is 19.3 Å².